The maximum Gasteiger partial charge on any atom is -0.00834 e. The van der Waals surface area contributed by atoms with E-state index in [9.17, 15) is 0 Å². The Hall–Kier alpha value is -0.520. The number of hydrogen-bond acceptors (Lipinski definition) is 0. The van der Waals surface area contributed by atoms with Crippen LogP contribution in [0.1, 0.15) is 46.5 Å². The van der Waals surface area contributed by atoms with Crippen molar-refractivity contribution in [1.29, 1.82) is 0 Å². The van der Waals surface area contributed by atoms with E-state index in [-0.39, 0.29) is 0 Å². The lowest BCUT2D eigenvalue weighted by Gasteiger charge is -2.56. The second-order valence-electron chi connectivity index (χ2n) is 6.18. The summed E-state index contributed by atoms with van der Waals surface area (Å²) in [6.07, 6.45) is 7.45. The van der Waals surface area contributed by atoms with Crippen LogP contribution in [0.25, 0.3) is 0 Å². The molecule has 0 aromatic carbocycles. The van der Waals surface area contributed by atoms with Crippen LogP contribution in [0.5, 0.6) is 0 Å². The average Bonchev–Trinajstić information content (AvgIpc) is 2.22. The summed E-state index contributed by atoms with van der Waals surface area (Å²) in [6.45, 7) is 15.6. The molecule has 2 aliphatic carbocycles. The topological polar surface area (TPSA) is 0 Å². The number of rotatable bonds is 1. The number of fused-ring (bicyclic) bond motifs is 2. The van der Waals surface area contributed by atoms with Crippen molar-refractivity contribution < 1.29 is 0 Å². The molecule has 0 N–H and O–H groups in total. The van der Waals surface area contributed by atoms with E-state index in [0.29, 0.717) is 16.7 Å². The largest absolute Gasteiger partial charge is 0.103 e. The lowest BCUT2D eigenvalue weighted by Crippen LogP contribution is -2.46. The van der Waals surface area contributed by atoms with Crippen LogP contribution in [-0.2, 0) is 0 Å². The maximum atomic E-state index is 4.42. The van der Waals surface area contributed by atoms with Crippen molar-refractivity contribution in [2.24, 2.45) is 22.7 Å². The molecule has 2 aliphatic rings. The fraction of sp³-hybridized carbons (Fsp3) is 0.733. The van der Waals surface area contributed by atoms with E-state index in [4.69, 9.17) is 0 Å². The first kappa shape index (κ1) is 11.0. The molecule has 0 spiro atoms. The molecule has 2 saturated carbocycles. The minimum atomic E-state index is 0.316. The lowest BCUT2D eigenvalue weighted by atomic mass is 9.49. The molecular weight excluding hydrogens is 180 g/mol. The zero-order valence-electron chi connectivity index (χ0n) is 10.5. The molecule has 2 bridgehead atoms. The molecule has 0 nitrogen and oxygen atoms in total. The van der Waals surface area contributed by atoms with Crippen molar-refractivity contribution in [2.75, 3.05) is 0 Å². The third-order valence-corrected chi connectivity index (χ3v) is 5.58. The van der Waals surface area contributed by atoms with Crippen LogP contribution in [0.2, 0.25) is 0 Å². The van der Waals surface area contributed by atoms with Gasteiger partial charge in [0.15, 0.2) is 0 Å². The molecule has 2 fully saturated rings. The molecule has 0 saturated heterocycles. The Balaban J connectivity index is 2.37. The predicted octanol–water partition coefficient (Wildman–Crippen LogP) is 4.58. The first-order chi connectivity index (χ1) is 6.94. The smallest absolute Gasteiger partial charge is 0.00834 e. The Morgan fingerprint density at radius 3 is 2.53 bits per heavy atom. The van der Waals surface area contributed by atoms with Gasteiger partial charge in [-0.15, -0.1) is 6.58 Å². The molecule has 0 aromatic rings. The summed E-state index contributed by atoms with van der Waals surface area (Å²) in [5.74, 6) is 1.50. The van der Waals surface area contributed by atoms with Crippen molar-refractivity contribution in [3.05, 3.63) is 24.8 Å². The molecule has 0 aromatic heterocycles. The third kappa shape index (κ3) is 1.33. The van der Waals surface area contributed by atoms with Gasteiger partial charge in [0.05, 0.1) is 0 Å². The Kier molecular flexibility index (Phi) is 2.37. The highest BCUT2D eigenvalue weighted by Gasteiger charge is 2.50. The van der Waals surface area contributed by atoms with Gasteiger partial charge < -0.3 is 0 Å². The quantitative estimate of drug-likeness (QED) is 0.548. The highest BCUT2D eigenvalue weighted by Crippen LogP contribution is 2.60. The summed E-state index contributed by atoms with van der Waals surface area (Å²) in [6, 6.07) is 0. The minimum absolute atomic E-state index is 0.316. The van der Waals surface area contributed by atoms with Gasteiger partial charge in [-0.3, -0.25) is 0 Å². The summed E-state index contributed by atoms with van der Waals surface area (Å²) in [5, 5.41) is 0. The van der Waals surface area contributed by atoms with E-state index in [2.05, 4.69) is 40.0 Å². The SMILES string of the molecule is C=C[C@]1(C)CC[C@]2(C)C(=C)[C@@H]1CC[C@@H]2C. The second kappa shape index (κ2) is 3.23. The van der Waals surface area contributed by atoms with Gasteiger partial charge in [0.2, 0.25) is 0 Å². The van der Waals surface area contributed by atoms with Gasteiger partial charge >= 0.3 is 0 Å². The van der Waals surface area contributed by atoms with Gasteiger partial charge in [0, 0.05) is 0 Å². The third-order valence-electron chi connectivity index (χ3n) is 5.58. The summed E-state index contributed by atoms with van der Waals surface area (Å²) >= 11 is 0. The fourth-order valence-electron chi connectivity index (χ4n) is 3.71. The minimum Gasteiger partial charge on any atom is -0.103 e. The molecule has 2 rings (SSSR count). The number of allylic oxidation sites excluding steroid dienone is 2. The molecule has 0 aliphatic heterocycles. The van der Waals surface area contributed by atoms with Gasteiger partial charge in [0.1, 0.15) is 0 Å². The Labute approximate surface area is 94.5 Å². The zero-order chi connectivity index (χ0) is 11.3. The molecule has 0 heterocycles. The van der Waals surface area contributed by atoms with E-state index < -0.39 is 0 Å². The molecule has 0 unspecified atom stereocenters. The fourth-order valence-corrected chi connectivity index (χ4v) is 3.71. The zero-order valence-corrected chi connectivity index (χ0v) is 10.5. The number of hydrogen-bond donors (Lipinski definition) is 0. The van der Waals surface area contributed by atoms with Crippen LogP contribution in [0.15, 0.2) is 24.8 Å². The van der Waals surface area contributed by atoms with Crippen LogP contribution in [0.3, 0.4) is 0 Å². The van der Waals surface area contributed by atoms with Crippen molar-refractivity contribution in [1.82, 2.24) is 0 Å². The average molecular weight is 204 g/mol. The van der Waals surface area contributed by atoms with Gasteiger partial charge in [0.25, 0.3) is 0 Å². The van der Waals surface area contributed by atoms with Gasteiger partial charge in [-0.25, -0.2) is 0 Å². The highest BCUT2D eigenvalue weighted by atomic mass is 14.5. The maximum absolute atomic E-state index is 4.42. The van der Waals surface area contributed by atoms with Crippen molar-refractivity contribution >= 4 is 0 Å². The van der Waals surface area contributed by atoms with Crippen molar-refractivity contribution in [3.8, 4) is 0 Å². The summed E-state index contributed by atoms with van der Waals surface area (Å²) in [5.41, 5.74) is 2.23. The lowest BCUT2D eigenvalue weighted by molar-refractivity contribution is 0.0466. The van der Waals surface area contributed by atoms with Gasteiger partial charge in [-0.2, -0.15) is 0 Å². The van der Waals surface area contributed by atoms with Crippen LogP contribution >= 0.6 is 0 Å². The first-order valence-electron chi connectivity index (χ1n) is 6.27. The molecule has 4 atom stereocenters. The molecular formula is C15H24. The van der Waals surface area contributed by atoms with Crippen LogP contribution in [0, 0.1) is 22.7 Å². The standard InChI is InChI=1S/C15H24/c1-6-14(4)9-10-15(5)11(2)7-8-13(14)12(15)3/h6,11,13H,1,3,7-10H2,2,4-5H3/t11-,13-,14+,15-/m0/s1. The van der Waals surface area contributed by atoms with Crippen molar-refractivity contribution in [3.63, 3.8) is 0 Å². The Morgan fingerprint density at radius 1 is 1.27 bits per heavy atom. The second-order valence-corrected chi connectivity index (χ2v) is 6.18. The van der Waals surface area contributed by atoms with Gasteiger partial charge in [-0.05, 0) is 48.3 Å². The van der Waals surface area contributed by atoms with Crippen LogP contribution in [-0.4, -0.2) is 0 Å². The Morgan fingerprint density at radius 2 is 1.93 bits per heavy atom. The first-order valence-corrected chi connectivity index (χ1v) is 6.27. The monoisotopic (exact) mass is 204 g/mol. The van der Waals surface area contributed by atoms with E-state index in [1.54, 1.807) is 0 Å². The summed E-state index contributed by atoms with van der Waals surface area (Å²) in [4.78, 5) is 0. The van der Waals surface area contributed by atoms with E-state index in [1.165, 1.54) is 31.3 Å². The van der Waals surface area contributed by atoms with Gasteiger partial charge in [-0.1, -0.05) is 39.0 Å². The van der Waals surface area contributed by atoms with Crippen molar-refractivity contribution in [2.45, 2.75) is 46.5 Å². The van der Waals surface area contributed by atoms with E-state index in [0.717, 1.165) is 5.92 Å². The molecule has 0 amide bonds. The molecule has 0 heteroatoms. The van der Waals surface area contributed by atoms with E-state index in [1.807, 2.05) is 0 Å². The van der Waals surface area contributed by atoms with Crippen LogP contribution in [0.4, 0.5) is 0 Å². The molecule has 15 heavy (non-hydrogen) atoms. The van der Waals surface area contributed by atoms with Crippen LogP contribution < -0.4 is 0 Å². The van der Waals surface area contributed by atoms with E-state index >= 15 is 0 Å². The highest BCUT2D eigenvalue weighted by molar-refractivity contribution is 5.25. The normalized spacial score (nSPS) is 50.2. The molecule has 84 valence electrons. The Bertz CT molecular complexity index is 301. The summed E-state index contributed by atoms with van der Waals surface area (Å²) < 4.78 is 0. The molecule has 0 radical (unpaired) electrons. The summed E-state index contributed by atoms with van der Waals surface area (Å²) in [7, 11) is 0. The predicted molar refractivity (Wildman–Crippen MR) is 66.7 cm³/mol.